The maximum Gasteiger partial charge on any atom is 0.471 e. The SMILES string of the molecule is CCCN(C(=O)C(F)(F)F)[C@H]1CCc2nc(NC(=O)c3cccc([C@@H](C)NC(=O)c4ccc(OC)c(OC)c4)c3)sc2C1. The number of thiazole rings is 1. The number of hydrogen-bond donors (Lipinski definition) is 2. The number of anilines is 1. The minimum absolute atomic E-state index is 0.0181. The molecule has 43 heavy (non-hydrogen) atoms. The van der Waals surface area contributed by atoms with Crippen molar-refractivity contribution in [2.24, 2.45) is 0 Å². The number of fused-ring (bicyclic) bond motifs is 1. The van der Waals surface area contributed by atoms with Crippen molar-refractivity contribution < 1.29 is 37.0 Å². The number of amides is 3. The van der Waals surface area contributed by atoms with Crippen molar-refractivity contribution in [2.45, 2.75) is 57.8 Å². The number of halogens is 3. The number of nitrogens with zero attached hydrogens (tertiary/aromatic N) is 2. The molecule has 0 radical (unpaired) electrons. The van der Waals surface area contributed by atoms with E-state index in [9.17, 15) is 27.6 Å². The first-order chi connectivity index (χ1) is 20.4. The lowest BCUT2D eigenvalue weighted by atomic mass is 9.96. The smallest absolute Gasteiger partial charge is 0.471 e. The first-order valence-corrected chi connectivity index (χ1v) is 14.6. The Hall–Kier alpha value is -4.13. The van der Waals surface area contributed by atoms with Crippen molar-refractivity contribution in [3.05, 3.63) is 69.7 Å². The molecule has 2 aromatic carbocycles. The molecule has 1 aliphatic rings. The van der Waals surface area contributed by atoms with Gasteiger partial charge in [-0.1, -0.05) is 19.1 Å². The van der Waals surface area contributed by atoms with E-state index >= 15 is 0 Å². The molecule has 0 spiro atoms. The van der Waals surface area contributed by atoms with E-state index in [-0.39, 0.29) is 18.9 Å². The number of rotatable bonds is 10. The summed E-state index contributed by atoms with van der Waals surface area (Å²) < 4.78 is 50.0. The highest BCUT2D eigenvalue weighted by Crippen LogP contribution is 2.34. The van der Waals surface area contributed by atoms with Gasteiger partial charge in [-0.3, -0.25) is 19.7 Å². The highest BCUT2D eigenvalue weighted by atomic mass is 32.1. The average Bonchev–Trinajstić information content (AvgIpc) is 3.40. The van der Waals surface area contributed by atoms with Gasteiger partial charge in [0.15, 0.2) is 16.6 Å². The Morgan fingerprint density at radius 1 is 1.07 bits per heavy atom. The van der Waals surface area contributed by atoms with E-state index in [4.69, 9.17) is 9.47 Å². The molecule has 0 unspecified atom stereocenters. The second-order valence-electron chi connectivity index (χ2n) is 10.1. The van der Waals surface area contributed by atoms with E-state index < -0.39 is 30.1 Å². The number of aryl methyl sites for hydroxylation is 1. The maximum absolute atomic E-state index is 13.2. The zero-order valence-electron chi connectivity index (χ0n) is 24.2. The summed E-state index contributed by atoms with van der Waals surface area (Å²) in [4.78, 5) is 44.2. The maximum atomic E-state index is 13.2. The lowest BCUT2D eigenvalue weighted by Gasteiger charge is -2.34. The van der Waals surface area contributed by atoms with Gasteiger partial charge in [0.1, 0.15) is 0 Å². The summed E-state index contributed by atoms with van der Waals surface area (Å²) in [6.07, 6.45) is -3.50. The fraction of sp³-hybridized carbons (Fsp3) is 0.400. The van der Waals surface area contributed by atoms with Crippen LogP contribution in [0.5, 0.6) is 11.5 Å². The van der Waals surface area contributed by atoms with Crippen LogP contribution in [0.4, 0.5) is 18.3 Å². The molecule has 2 atom stereocenters. The molecule has 1 aliphatic carbocycles. The zero-order valence-corrected chi connectivity index (χ0v) is 25.0. The van der Waals surface area contributed by atoms with Crippen LogP contribution in [0, 0.1) is 0 Å². The number of hydrogen-bond acceptors (Lipinski definition) is 7. The van der Waals surface area contributed by atoms with Gasteiger partial charge in [0.25, 0.3) is 11.8 Å². The van der Waals surface area contributed by atoms with Crippen LogP contribution in [-0.4, -0.2) is 60.6 Å². The van der Waals surface area contributed by atoms with Gasteiger partial charge >= 0.3 is 12.1 Å². The number of alkyl halides is 3. The van der Waals surface area contributed by atoms with E-state index in [0.29, 0.717) is 58.3 Å². The van der Waals surface area contributed by atoms with Crippen LogP contribution in [-0.2, 0) is 17.6 Å². The van der Waals surface area contributed by atoms with Crippen molar-refractivity contribution in [3.8, 4) is 11.5 Å². The second-order valence-corrected chi connectivity index (χ2v) is 11.2. The van der Waals surface area contributed by atoms with Gasteiger partial charge in [-0.05, 0) is 62.1 Å². The third-order valence-electron chi connectivity index (χ3n) is 7.18. The molecular weight excluding hydrogens is 585 g/mol. The quantitative estimate of drug-likeness (QED) is 0.308. The van der Waals surface area contributed by atoms with Crippen LogP contribution in [0.15, 0.2) is 42.5 Å². The molecule has 230 valence electrons. The summed E-state index contributed by atoms with van der Waals surface area (Å²) in [5.41, 5.74) is 2.15. The van der Waals surface area contributed by atoms with Gasteiger partial charge in [0.05, 0.1) is 26.0 Å². The van der Waals surface area contributed by atoms with Gasteiger partial charge in [-0.15, -0.1) is 11.3 Å². The third kappa shape index (κ3) is 7.45. The summed E-state index contributed by atoms with van der Waals surface area (Å²) in [6.45, 7) is 3.55. The fourth-order valence-electron chi connectivity index (χ4n) is 4.99. The first kappa shape index (κ1) is 31.8. The normalized spacial score (nSPS) is 15.2. The van der Waals surface area contributed by atoms with Crippen molar-refractivity contribution in [3.63, 3.8) is 0 Å². The standard InChI is InChI=1S/C30H33F3N4O5S/c1-5-13-37(28(40)30(31,32)33)21-10-11-22-25(16-21)43-29(35-22)36-27(39)19-8-6-7-18(14-19)17(2)34-26(38)20-9-12-23(41-3)24(15-20)42-4/h6-9,12,14-15,17,21H,5,10-11,13,16H2,1-4H3,(H,34,38)(H,35,36,39)/t17-,21+/m1/s1. The summed E-state index contributed by atoms with van der Waals surface area (Å²) in [6, 6.07) is 10.6. The Balaban J connectivity index is 1.42. The van der Waals surface area contributed by atoms with Crippen LogP contribution in [0.25, 0.3) is 0 Å². The summed E-state index contributed by atoms with van der Waals surface area (Å²) >= 11 is 1.20. The first-order valence-electron chi connectivity index (χ1n) is 13.8. The molecule has 0 saturated carbocycles. The number of methoxy groups -OCH3 is 2. The highest BCUT2D eigenvalue weighted by molar-refractivity contribution is 7.15. The Kier molecular flexibility index (Phi) is 9.95. The molecule has 3 aromatic rings. The van der Waals surface area contributed by atoms with Crippen molar-refractivity contribution >= 4 is 34.2 Å². The largest absolute Gasteiger partial charge is 0.493 e. The topological polar surface area (TPSA) is 110 Å². The Morgan fingerprint density at radius 3 is 2.47 bits per heavy atom. The number of benzene rings is 2. The van der Waals surface area contributed by atoms with Gasteiger partial charge in [-0.2, -0.15) is 13.2 Å². The van der Waals surface area contributed by atoms with E-state index in [1.54, 1.807) is 56.3 Å². The van der Waals surface area contributed by atoms with E-state index in [1.165, 1.54) is 25.6 Å². The van der Waals surface area contributed by atoms with Crippen molar-refractivity contribution in [1.29, 1.82) is 0 Å². The van der Waals surface area contributed by atoms with Gasteiger partial charge in [0.2, 0.25) is 0 Å². The van der Waals surface area contributed by atoms with Gasteiger partial charge in [-0.25, -0.2) is 4.98 Å². The summed E-state index contributed by atoms with van der Waals surface area (Å²) in [5, 5.41) is 6.03. The van der Waals surface area contributed by atoms with Crippen molar-refractivity contribution in [1.82, 2.24) is 15.2 Å². The number of carbonyl (C=O) groups is 3. The minimum atomic E-state index is -4.93. The van der Waals surface area contributed by atoms with Crippen molar-refractivity contribution in [2.75, 3.05) is 26.1 Å². The van der Waals surface area contributed by atoms with Crippen LogP contribution < -0.4 is 20.1 Å². The van der Waals surface area contributed by atoms with Gasteiger partial charge < -0.3 is 19.7 Å². The molecular formula is C30H33F3N4O5S. The number of ether oxygens (including phenoxy) is 2. The van der Waals surface area contributed by atoms with E-state index in [0.717, 1.165) is 9.78 Å². The fourth-order valence-corrected chi connectivity index (χ4v) is 6.06. The molecule has 0 saturated heterocycles. The summed E-state index contributed by atoms with van der Waals surface area (Å²) in [7, 11) is 2.99. The predicted molar refractivity (Wildman–Crippen MR) is 156 cm³/mol. The molecule has 1 aromatic heterocycles. The molecule has 0 bridgehead atoms. The predicted octanol–water partition coefficient (Wildman–Crippen LogP) is 5.56. The highest BCUT2D eigenvalue weighted by Gasteiger charge is 2.45. The van der Waals surface area contributed by atoms with Gasteiger partial charge in [0, 0.05) is 35.0 Å². The monoisotopic (exact) mass is 618 g/mol. The zero-order chi connectivity index (χ0) is 31.3. The minimum Gasteiger partial charge on any atom is -0.493 e. The Bertz CT molecular complexity index is 1490. The second kappa shape index (κ2) is 13.4. The van der Waals surface area contributed by atoms with Crippen LogP contribution in [0.1, 0.15) is 69.6 Å². The lowest BCUT2D eigenvalue weighted by Crippen LogP contribution is -2.49. The Morgan fingerprint density at radius 2 is 1.79 bits per heavy atom. The molecule has 0 aliphatic heterocycles. The van der Waals surface area contributed by atoms with E-state index in [1.807, 2.05) is 0 Å². The molecule has 3 amide bonds. The molecule has 4 rings (SSSR count). The van der Waals surface area contributed by atoms with Crippen LogP contribution in [0.2, 0.25) is 0 Å². The van der Waals surface area contributed by atoms with Crippen LogP contribution >= 0.6 is 11.3 Å². The number of nitrogens with one attached hydrogen (secondary N) is 2. The molecule has 13 heteroatoms. The van der Waals surface area contributed by atoms with Crippen LogP contribution in [0.3, 0.4) is 0 Å². The lowest BCUT2D eigenvalue weighted by molar-refractivity contribution is -0.188. The average molecular weight is 619 g/mol. The number of aromatic nitrogens is 1. The molecule has 1 heterocycles. The third-order valence-corrected chi connectivity index (χ3v) is 8.22. The molecule has 2 N–H and O–H groups in total. The number of carbonyl (C=O) groups excluding carboxylic acids is 3. The van der Waals surface area contributed by atoms with E-state index in [2.05, 4.69) is 15.6 Å². The summed E-state index contributed by atoms with van der Waals surface area (Å²) in [5.74, 6) is -1.64. The molecule has 0 fully saturated rings. The molecule has 9 nitrogen and oxygen atoms in total. The Labute approximate surface area is 251 Å².